The van der Waals surface area contributed by atoms with E-state index in [1.165, 1.54) is 0 Å². The highest BCUT2D eigenvalue weighted by atomic mass is 28.4. The van der Waals surface area contributed by atoms with Gasteiger partial charge in [0, 0.05) is 12.5 Å². The number of rotatable bonds is 5. The van der Waals surface area contributed by atoms with Crippen molar-refractivity contribution in [3.63, 3.8) is 0 Å². The molecule has 0 radical (unpaired) electrons. The molecule has 3 nitrogen and oxygen atoms in total. The molecule has 1 aliphatic rings. The number of hydrogen-bond acceptors (Lipinski definition) is 3. The Balaban J connectivity index is 1.81. The van der Waals surface area contributed by atoms with Crippen LogP contribution in [0.2, 0.25) is 18.1 Å². The van der Waals surface area contributed by atoms with Crippen LogP contribution >= 0.6 is 0 Å². The zero-order valence-corrected chi connectivity index (χ0v) is 15.8. The maximum absolute atomic E-state index is 12.1. The van der Waals surface area contributed by atoms with Gasteiger partial charge in [0.25, 0.3) is 0 Å². The molecule has 2 atom stereocenters. The predicted octanol–water partition coefficient (Wildman–Crippen LogP) is 4.81. The van der Waals surface area contributed by atoms with Crippen LogP contribution in [0.25, 0.3) is 0 Å². The first kappa shape index (κ1) is 18.0. The summed E-state index contributed by atoms with van der Waals surface area (Å²) in [4.78, 5) is 12.1. The third-order valence-corrected chi connectivity index (χ3v) is 9.37. The molecular formula is C19H28O3Si. The van der Waals surface area contributed by atoms with Gasteiger partial charge in [0.05, 0.1) is 5.56 Å². The molecular weight excluding hydrogens is 304 g/mol. The summed E-state index contributed by atoms with van der Waals surface area (Å²) in [6.07, 6.45) is 4.78. The zero-order valence-electron chi connectivity index (χ0n) is 14.8. The standard InChI is InChI=1S/C19H28O3Si/c1-19(2,3)23(4,5)21-14-15-11-12-17(13-15)22-18(20)16-9-7-6-8-10-16/h6-12,15,17H,13-14H2,1-5H3/t15-,17-/m1/s1. The summed E-state index contributed by atoms with van der Waals surface area (Å²) in [7, 11) is -1.72. The van der Waals surface area contributed by atoms with Crippen molar-refractivity contribution in [3.8, 4) is 0 Å². The zero-order chi connectivity index (χ0) is 17.1. The van der Waals surface area contributed by atoms with Crippen molar-refractivity contribution in [1.82, 2.24) is 0 Å². The number of benzene rings is 1. The molecule has 1 aromatic carbocycles. The largest absolute Gasteiger partial charge is 0.455 e. The van der Waals surface area contributed by atoms with E-state index in [4.69, 9.17) is 9.16 Å². The molecule has 0 amide bonds. The minimum Gasteiger partial charge on any atom is -0.455 e. The topological polar surface area (TPSA) is 35.5 Å². The molecule has 4 heteroatoms. The summed E-state index contributed by atoms with van der Waals surface area (Å²) in [5.41, 5.74) is 0.599. The maximum Gasteiger partial charge on any atom is 0.338 e. The average Bonchev–Trinajstić information content (AvgIpc) is 2.92. The van der Waals surface area contributed by atoms with Crippen molar-refractivity contribution >= 4 is 14.3 Å². The van der Waals surface area contributed by atoms with Crippen LogP contribution in [0.15, 0.2) is 42.5 Å². The van der Waals surface area contributed by atoms with Crippen LogP contribution in [0.1, 0.15) is 37.6 Å². The van der Waals surface area contributed by atoms with Gasteiger partial charge in [-0.25, -0.2) is 4.79 Å². The van der Waals surface area contributed by atoms with Gasteiger partial charge in [-0.1, -0.05) is 45.0 Å². The van der Waals surface area contributed by atoms with E-state index >= 15 is 0 Å². The Kier molecular flexibility index (Phi) is 5.47. The van der Waals surface area contributed by atoms with Gasteiger partial charge in [-0.15, -0.1) is 0 Å². The van der Waals surface area contributed by atoms with E-state index < -0.39 is 8.32 Å². The summed E-state index contributed by atoms with van der Waals surface area (Å²) >= 11 is 0. The third-order valence-electron chi connectivity index (χ3n) is 4.87. The Bertz CT molecular complexity index is 558. The monoisotopic (exact) mass is 332 g/mol. The number of ether oxygens (including phenoxy) is 1. The number of esters is 1. The minimum absolute atomic E-state index is 0.143. The molecule has 0 spiro atoms. The van der Waals surface area contributed by atoms with Gasteiger partial charge in [-0.3, -0.25) is 0 Å². The molecule has 0 saturated heterocycles. The summed E-state index contributed by atoms with van der Waals surface area (Å²) in [5.74, 6) is 0.0731. The lowest BCUT2D eigenvalue weighted by Gasteiger charge is -2.36. The van der Waals surface area contributed by atoms with E-state index in [1.807, 2.05) is 24.3 Å². The quantitative estimate of drug-likeness (QED) is 0.441. The first-order valence-electron chi connectivity index (χ1n) is 8.27. The van der Waals surface area contributed by atoms with Crippen molar-refractivity contribution in [1.29, 1.82) is 0 Å². The molecule has 1 aliphatic carbocycles. The second kappa shape index (κ2) is 7.01. The molecule has 0 heterocycles. The molecule has 1 aromatic rings. The Morgan fingerprint density at radius 2 is 1.83 bits per heavy atom. The van der Waals surface area contributed by atoms with E-state index in [1.54, 1.807) is 12.1 Å². The van der Waals surface area contributed by atoms with Gasteiger partial charge in [0.15, 0.2) is 8.32 Å². The fraction of sp³-hybridized carbons (Fsp3) is 0.526. The highest BCUT2D eigenvalue weighted by Crippen LogP contribution is 2.37. The number of carbonyl (C=O) groups excluding carboxylic acids is 1. The van der Waals surface area contributed by atoms with Gasteiger partial charge >= 0.3 is 5.97 Å². The second-order valence-corrected chi connectivity index (χ2v) is 12.6. The lowest BCUT2D eigenvalue weighted by atomic mass is 10.1. The smallest absolute Gasteiger partial charge is 0.338 e. The van der Waals surface area contributed by atoms with Crippen molar-refractivity contribution in [2.75, 3.05) is 6.61 Å². The summed E-state index contributed by atoms with van der Waals surface area (Å²) in [6.45, 7) is 12.0. The average molecular weight is 333 g/mol. The molecule has 23 heavy (non-hydrogen) atoms. The second-order valence-electron chi connectivity index (χ2n) is 7.76. The van der Waals surface area contributed by atoms with Gasteiger partial charge in [-0.05, 0) is 42.8 Å². The van der Waals surface area contributed by atoms with E-state index in [0.717, 1.165) is 6.42 Å². The van der Waals surface area contributed by atoms with Crippen LogP contribution in [0.4, 0.5) is 0 Å². The van der Waals surface area contributed by atoms with Crippen molar-refractivity contribution in [2.24, 2.45) is 5.92 Å². The third kappa shape index (κ3) is 4.79. The highest BCUT2D eigenvalue weighted by Gasteiger charge is 2.38. The van der Waals surface area contributed by atoms with Crippen LogP contribution in [-0.2, 0) is 9.16 Å². The van der Waals surface area contributed by atoms with E-state index in [9.17, 15) is 4.79 Å². The molecule has 0 N–H and O–H groups in total. The SMILES string of the molecule is CC(C)(C)[Si](C)(C)OC[C@@H]1C=C[C@@H](OC(=O)c2ccccc2)C1. The summed E-state index contributed by atoms with van der Waals surface area (Å²) in [5, 5.41) is 0.217. The molecule has 0 unspecified atom stereocenters. The normalized spacial score (nSPS) is 21.4. The highest BCUT2D eigenvalue weighted by molar-refractivity contribution is 6.74. The van der Waals surface area contributed by atoms with Crippen molar-refractivity contribution in [2.45, 2.75) is 51.4 Å². The Morgan fingerprint density at radius 1 is 1.17 bits per heavy atom. The fourth-order valence-corrected chi connectivity index (χ4v) is 3.32. The molecule has 126 valence electrons. The van der Waals surface area contributed by atoms with E-state index in [0.29, 0.717) is 18.1 Å². The van der Waals surface area contributed by atoms with E-state index in [-0.39, 0.29) is 17.1 Å². The lowest BCUT2D eigenvalue weighted by molar-refractivity contribution is 0.0371. The Labute approximate surface area is 140 Å². The molecule has 2 rings (SSSR count). The fourth-order valence-electron chi connectivity index (χ4n) is 2.26. The molecule has 0 bridgehead atoms. The number of carbonyl (C=O) groups is 1. The van der Waals surface area contributed by atoms with Crippen LogP contribution in [-0.4, -0.2) is 27.0 Å². The molecule has 0 aromatic heterocycles. The molecule has 0 fully saturated rings. The first-order valence-corrected chi connectivity index (χ1v) is 11.2. The van der Waals surface area contributed by atoms with Crippen LogP contribution in [0.5, 0.6) is 0 Å². The van der Waals surface area contributed by atoms with Gasteiger partial charge in [0.2, 0.25) is 0 Å². The molecule has 0 saturated carbocycles. The van der Waals surface area contributed by atoms with Crippen molar-refractivity contribution in [3.05, 3.63) is 48.0 Å². The van der Waals surface area contributed by atoms with Crippen LogP contribution < -0.4 is 0 Å². The molecule has 0 aliphatic heterocycles. The Morgan fingerprint density at radius 3 is 2.43 bits per heavy atom. The minimum atomic E-state index is -1.72. The van der Waals surface area contributed by atoms with E-state index in [2.05, 4.69) is 39.9 Å². The first-order chi connectivity index (χ1) is 10.7. The summed E-state index contributed by atoms with van der Waals surface area (Å²) < 4.78 is 11.8. The summed E-state index contributed by atoms with van der Waals surface area (Å²) in [6, 6.07) is 9.13. The van der Waals surface area contributed by atoms with Crippen LogP contribution in [0.3, 0.4) is 0 Å². The van der Waals surface area contributed by atoms with Gasteiger partial charge in [-0.2, -0.15) is 0 Å². The van der Waals surface area contributed by atoms with Crippen LogP contribution in [0, 0.1) is 5.92 Å². The Hall–Kier alpha value is -1.39. The van der Waals surface area contributed by atoms with Gasteiger partial charge < -0.3 is 9.16 Å². The van der Waals surface area contributed by atoms with Crippen molar-refractivity contribution < 1.29 is 14.0 Å². The predicted molar refractivity (Wildman–Crippen MR) is 96.0 cm³/mol. The van der Waals surface area contributed by atoms with Gasteiger partial charge in [0.1, 0.15) is 6.10 Å². The lowest BCUT2D eigenvalue weighted by Crippen LogP contribution is -2.41. The number of hydrogen-bond donors (Lipinski definition) is 0. The maximum atomic E-state index is 12.1.